The summed E-state index contributed by atoms with van der Waals surface area (Å²) in [7, 11) is -4.15. The molecule has 2 amide bonds. The Bertz CT molecular complexity index is 1390. The molecule has 4 aromatic rings. The highest BCUT2D eigenvalue weighted by atomic mass is 32.2. The molecule has 0 aliphatic rings. The molecule has 0 atom stereocenters. The van der Waals surface area contributed by atoms with Gasteiger partial charge in [0, 0.05) is 12.2 Å². The van der Waals surface area contributed by atoms with E-state index in [1.807, 2.05) is 31.2 Å². The van der Waals surface area contributed by atoms with Crippen molar-refractivity contribution in [1.82, 2.24) is 4.90 Å². The van der Waals surface area contributed by atoms with E-state index in [0.29, 0.717) is 17.0 Å². The van der Waals surface area contributed by atoms with E-state index in [2.05, 4.69) is 5.32 Å². The average molecular weight is 495 g/mol. The molecule has 0 aliphatic carbocycles. The molecular weight excluding hydrogens is 471 g/mol. The van der Waals surface area contributed by atoms with Crippen molar-refractivity contribution in [1.29, 1.82) is 0 Å². The molecular formula is C26H23FN2O5S. The Morgan fingerprint density at radius 3 is 2.40 bits per heavy atom. The predicted octanol–water partition coefficient (Wildman–Crippen LogP) is 5.73. The van der Waals surface area contributed by atoms with Gasteiger partial charge in [0.2, 0.25) is 0 Å². The van der Waals surface area contributed by atoms with Crippen molar-refractivity contribution in [3.63, 3.8) is 0 Å². The fourth-order valence-electron chi connectivity index (χ4n) is 3.32. The van der Waals surface area contributed by atoms with Crippen LogP contribution in [0.25, 0.3) is 0 Å². The van der Waals surface area contributed by atoms with Crippen LogP contribution in [-0.2, 0) is 23.2 Å². The summed E-state index contributed by atoms with van der Waals surface area (Å²) in [5.74, 6) is 0.116. The number of aryl methyl sites for hydroxylation is 1. The molecule has 180 valence electrons. The van der Waals surface area contributed by atoms with E-state index in [4.69, 9.17) is 8.60 Å². The highest BCUT2D eigenvalue weighted by Gasteiger charge is 2.19. The molecule has 0 bridgehead atoms. The van der Waals surface area contributed by atoms with Crippen LogP contribution < -0.4 is 9.50 Å². The number of carbonyl (C=O) groups is 1. The van der Waals surface area contributed by atoms with Crippen LogP contribution in [0.4, 0.5) is 14.9 Å². The summed E-state index contributed by atoms with van der Waals surface area (Å²) in [4.78, 5) is 14.4. The van der Waals surface area contributed by atoms with Crippen molar-refractivity contribution in [2.24, 2.45) is 0 Å². The van der Waals surface area contributed by atoms with Crippen molar-refractivity contribution >= 4 is 21.8 Å². The summed E-state index contributed by atoms with van der Waals surface area (Å²) >= 11 is 0. The zero-order valence-electron chi connectivity index (χ0n) is 18.8. The van der Waals surface area contributed by atoms with Crippen molar-refractivity contribution in [3.8, 4) is 5.75 Å². The molecule has 0 aliphatic heterocycles. The molecule has 0 radical (unpaired) electrons. The summed E-state index contributed by atoms with van der Waals surface area (Å²) in [5, 5.41) is 2.87. The highest BCUT2D eigenvalue weighted by molar-refractivity contribution is 7.87. The molecule has 0 spiro atoms. The van der Waals surface area contributed by atoms with E-state index in [1.54, 1.807) is 24.3 Å². The van der Waals surface area contributed by atoms with Crippen LogP contribution >= 0.6 is 0 Å². The second-order valence-electron chi connectivity index (χ2n) is 7.87. The SMILES string of the molecule is Cc1ccc(NC(=O)N(Cc2cccc(OS(=O)(=O)c3ccc(F)cc3)c2)Cc2ccco2)cc1. The van der Waals surface area contributed by atoms with E-state index in [1.165, 1.54) is 23.3 Å². The third-order valence-corrected chi connectivity index (χ3v) is 6.36. The third-order valence-electron chi connectivity index (χ3n) is 5.10. The van der Waals surface area contributed by atoms with Gasteiger partial charge < -0.3 is 18.8 Å². The number of benzene rings is 3. The number of anilines is 1. The largest absolute Gasteiger partial charge is 0.467 e. The second kappa shape index (κ2) is 10.4. The molecule has 35 heavy (non-hydrogen) atoms. The number of furan rings is 1. The first-order valence-corrected chi connectivity index (χ1v) is 12.1. The van der Waals surface area contributed by atoms with Gasteiger partial charge in [-0.15, -0.1) is 0 Å². The van der Waals surface area contributed by atoms with Crippen molar-refractivity contribution in [3.05, 3.63) is 114 Å². The molecule has 0 fully saturated rings. The van der Waals surface area contributed by atoms with Gasteiger partial charge in [0.05, 0.1) is 12.8 Å². The maximum absolute atomic E-state index is 13.2. The Hall–Kier alpha value is -4.11. The summed E-state index contributed by atoms with van der Waals surface area (Å²) in [6.45, 7) is 2.32. The Balaban J connectivity index is 1.52. The fourth-order valence-corrected chi connectivity index (χ4v) is 4.24. The smallest absolute Gasteiger partial charge is 0.339 e. The Labute approximate surface area is 202 Å². The zero-order valence-corrected chi connectivity index (χ0v) is 19.7. The summed E-state index contributed by atoms with van der Waals surface area (Å²) in [5.41, 5.74) is 2.36. The maximum atomic E-state index is 13.2. The van der Waals surface area contributed by atoms with E-state index < -0.39 is 15.9 Å². The van der Waals surface area contributed by atoms with Gasteiger partial charge in [0.25, 0.3) is 0 Å². The van der Waals surface area contributed by atoms with Crippen LogP contribution in [0.5, 0.6) is 5.75 Å². The molecule has 0 unspecified atom stereocenters. The minimum absolute atomic E-state index is 0.0729. The van der Waals surface area contributed by atoms with E-state index in [0.717, 1.165) is 29.8 Å². The van der Waals surface area contributed by atoms with Crippen LogP contribution in [-0.4, -0.2) is 19.3 Å². The number of nitrogens with one attached hydrogen (secondary N) is 1. The average Bonchev–Trinajstić information content (AvgIpc) is 3.34. The summed E-state index contributed by atoms with van der Waals surface area (Å²) in [6, 6.07) is 21.4. The van der Waals surface area contributed by atoms with Gasteiger partial charge in [-0.05, 0) is 73.2 Å². The van der Waals surface area contributed by atoms with E-state index in [9.17, 15) is 17.6 Å². The lowest BCUT2D eigenvalue weighted by Crippen LogP contribution is -2.34. The number of hydrogen-bond donors (Lipinski definition) is 1. The predicted molar refractivity (Wildman–Crippen MR) is 129 cm³/mol. The van der Waals surface area contributed by atoms with Crippen LogP contribution in [0.3, 0.4) is 0 Å². The molecule has 1 N–H and O–H groups in total. The number of halogens is 1. The van der Waals surface area contributed by atoms with E-state index >= 15 is 0 Å². The minimum Gasteiger partial charge on any atom is -0.467 e. The topological polar surface area (TPSA) is 88.9 Å². The number of carbonyl (C=O) groups excluding carboxylic acids is 1. The van der Waals surface area contributed by atoms with Crippen LogP contribution in [0.15, 0.2) is 101 Å². The first-order valence-electron chi connectivity index (χ1n) is 10.7. The fraction of sp³-hybridized carbons (Fsp3) is 0.115. The van der Waals surface area contributed by atoms with Gasteiger partial charge in [-0.2, -0.15) is 8.42 Å². The number of amides is 2. The lowest BCUT2D eigenvalue weighted by atomic mass is 10.2. The molecule has 3 aromatic carbocycles. The molecule has 7 nitrogen and oxygen atoms in total. The van der Waals surface area contributed by atoms with Crippen LogP contribution in [0, 0.1) is 12.7 Å². The van der Waals surface area contributed by atoms with Crippen molar-refractivity contribution in [2.45, 2.75) is 24.9 Å². The number of urea groups is 1. The van der Waals surface area contributed by atoms with Gasteiger partial charge in [-0.1, -0.05) is 29.8 Å². The van der Waals surface area contributed by atoms with Gasteiger partial charge in [-0.3, -0.25) is 0 Å². The Kier molecular flexibility index (Phi) is 7.17. The molecule has 9 heteroatoms. The standard InChI is InChI=1S/C26H23FN2O5S/c1-19-7-11-22(12-8-19)28-26(30)29(18-24-6-3-15-33-24)17-20-4-2-5-23(16-20)34-35(31,32)25-13-9-21(27)10-14-25/h2-16H,17-18H2,1H3,(H,28,30). The Morgan fingerprint density at radius 2 is 1.71 bits per heavy atom. The van der Waals surface area contributed by atoms with Gasteiger partial charge in [-0.25, -0.2) is 9.18 Å². The third kappa shape index (κ3) is 6.48. The molecule has 0 saturated heterocycles. The lowest BCUT2D eigenvalue weighted by molar-refractivity contribution is 0.201. The summed E-state index contributed by atoms with van der Waals surface area (Å²) in [6.07, 6.45) is 1.53. The second-order valence-corrected chi connectivity index (χ2v) is 9.42. The number of nitrogens with zero attached hydrogens (tertiary/aromatic N) is 1. The van der Waals surface area contributed by atoms with Crippen molar-refractivity contribution in [2.75, 3.05) is 5.32 Å². The number of rotatable bonds is 8. The van der Waals surface area contributed by atoms with Crippen molar-refractivity contribution < 1.29 is 26.2 Å². The molecule has 1 heterocycles. The molecule has 1 aromatic heterocycles. The highest BCUT2D eigenvalue weighted by Crippen LogP contribution is 2.22. The molecule has 0 saturated carbocycles. The van der Waals surface area contributed by atoms with Gasteiger partial charge >= 0.3 is 16.1 Å². The quantitative estimate of drug-likeness (QED) is 0.316. The van der Waals surface area contributed by atoms with E-state index in [-0.39, 0.29) is 29.8 Å². The maximum Gasteiger partial charge on any atom is 0.339 e. The van der Waals surface area contributed by atoms with Crippen LogP contribution in [0.2, 0.25) is 0 Å². The normalized spacial score (nSPS) is 11.1. The summed E-state index contributed by atoms with van der Waals surface area (Å²) < 4.78 is 48.9. The van der Waals surface area contributed by atoms with Gasteiger partial charge in [0.15, 0.2) is 0 Å². The molecule has 4 rings (SSSR count). The zero-order chi connectivity index (χ0) is 24.8. The van der Waals surface area contributed by atoms with Crippen LogP contribution in [0.1, 0.15) is 16.9 Å². The monoisotopic (exact) mass is 494 g/mol. The first kappa shape index (κ1) is 24.0. The van der Waals surface area contributed by atoms with Gasteiger partial charge in [0.1, 0.15) is 22.2 Å². The Morgan fingerprint density at radius 1 is 0.971 bits per heavy atom. The minimum atomic E-state index is -4.15. The first-order chi connectivity index (χ1) is 16.8. The number of hydrogen-bond acceptors (Lipinski definition) is 5. The lowest BCUT2D eigenvalue weighted by Gasteiger charge is -2.22.